The summed E-state index contributed by atoms with van der Waals surface area (Å²) in [4.78, 5) is 4.16. The summed E-state index contributed by atoms with van der Waals surface area (Å²) < 4.78 is 5.36. The van der Waals surface area contributed by atoms with Crippen molar-refractivity contribution in [3.8, 4) is 16.9 Å². The summed E-state index contributed by atoms with van der Waals surface area (Å²) in [7, 11) is 1.69. The Balaban J connectivity index is 2.49. The molecule has 2 aromatic rings. The van der Waals surface area contributed by atoms with Crippen molar-refractivity contribution in [3.05, 3.63) is 48.3 Å². The first-order valence-corrected chi connectivity index (χ1v) is 5.80. The third-order valence-corrected chi connectivity index (χ3v) is 2.87. The van der Waals surface area contributed by atoms with Crippen molar-refractivity contribution >= 4 is 0 Å². The van der Waals surface area contributed by atoms with E-state index >= 15 is 0 Å². The summed E-state index contributed by atoms with van der Waals surface area (Å²) in [6, 6.07) is 10.4. The summed E-state index contributed by atoms with van der Waals surface area (Å²) in [6.45, 7) is 4.39. The molecule has 0 aliphatic carbocycles. The van der Waals surface area contributed by atoms with E-state index in [9.17, 15) is 0 Å². The number of rotatable bonds is 3. The molecule has 0 atom stereocenters. The van der Waals surface area contributed by atoms with Crippen LogP contribution < -0.4 is 4.74 Å². The first kappa shape index (κ1) is 11.6. The molecule has 2 nitrogen and oxygen atoms in total. The van der Waals surface area contributed by atoms with Crippen LogP contribution in [-0.2, 0) is 0 Å². The average molecular weight is 227 g/mol. The molecule has 1 aromatic carbocycles. The maximum Gasteiger partial charge on any atom is 0.129 e. The Morgan fingerprint density at radius 3 is 2.71 bits per heavy atom. The van der Waals surface area contributed by atoms with Crippen LogP contribution in [0.3, 0.4) is 0 Å². The average Bonchev–Trinajstić information content (AvgIpc) is 2.39. The highest BCUT2D eigenvalue weighted by molar-refractivity contribution is 5.69. The molecule has 17 heavy (non-hydrogen) atoms. The van der Waals surface area contributed by atoms with Gasteiger partial charge < -0.3 is 4.74 Å². The van der Waals surface area contributed by atoms with Gasteiger partial charge in [-0.1, -0.05) is 38.1 Å². The van der Waals surface area contributed by atoms with Gasteiger partial charge in [-0.15, -0.1) is 0 Å². The predicted molar refractivity (Wildman–Crippen MR) is 70.3 cm³/mol. The molecule has 0 saturated heterocycles. The number of nitrogens with zero attached hydrogens (tertiary/aromatic N) is 1. The number of methoxy groups -OCH3 is 1. The van der Waals surface area contributed by atoms with E-state index in [0.717, 1.165) is 16.9 Å². The van der Waals surface area contributed by atoms with E-state index in [1.165, 1.54) is 5.56 Å². The van der Waals surface area contributed by atoms with Crippen molar-refractivity contribution in [2.45, 2.75) is 19.8 Å². The Morgan fingerprint density at radius 2 is 2.00 bits per heavy atom. The maximum atomic E-state index is 5.36. The van der Waals surface area contributed by atoms with Crippen molar-refractivity contribution in [1.29, 1.82) is 0 Å². The number of pyridine rings is 1. The quantitative estimate of drug-likeness (QED) is 0.793. The van der Waals surface area contributed by atoms with Gasteiger partial charge in [-0.25, -0.2) is 0 Å². The van der Waals surface area contributed by atoms with Crippen LogP contribution in [0.1, 0.15) is 25.3 Å². The second kappa shape index (κ2) is 5.00. The molecule has 0 N–H and O–H groups in total. The number of hydrogen-bond acceptors (Lipinski definition) is 2. The van der Waals surface area contributed by atoms with Crippen LogP contribution in [0, 0.1) is 0 Å². The minimum absolute atomic E-state index is 0.526. The maximum absolute atomic E-state index is 5.36. The Labute approximate surface area is 102 Å². The van der Waals surface area contributed by atoms with Crippen molar-refractivity contribution < 1.29 is 4.74 Å². The van der Waals surface area contributed by atoms with E-state index in [4.69, 9.17) is 4.74 Å². The van der Waals surface area contributed by atoms with Gasteiger partial charge >= 0.3 is 0 Å². The van der Waals surface area contributed by atoms with Gasteiger partial charge in [-0.2, -0.15) is 0 Å². The molecule has 0 aliphatic heterocycles. The Kier molecular flexibility index (Phi) is 3.43. The molecular formula is C15H17NO. The molecule has 0 aliphatic rings. The summed E-state index contributed by atoms with van der Waals surface area (Å²) >= 11 is 0. The van der Waals surface area contributed by atoms with E-state index < -0.39 is 0 Å². The van der Waals surface area contributed by atoms with E-state index in [2.05, 4.69) is 43.1 Å². The highest BCUT2D eigenvalue weighted by Gasteiger charge is 2.07. The monoisotopic (exact) mass is 227 g/mol. The lowest BCUT2D eigenvalue weighted by atomic mass is 9.98. The lowest BCUT2D eigenvalue weighted by molar-refractivity contribution is 0.416. The summed E-state index contributed by atoms with van der Waals surface area (Å²) in [6.07, 6.45) is 3.59. The van der Waals surface area contributed by atoms with Crippen molar-refractivity contribution in [1.82, 2.24) is 4.98 Å². The normalized spacial score (nSPS) is 10.6. The summed E-state index contributed by atoms with van der Waals surface area (Å²) in [5, 5.41) is 0. The van der Waals surface area contributed by atoms with Crippen LogP contribution in [0.25, 0.3) is 11.1 Å². The van der Waals surface area contributed by atoms with Gasteiger partial charge in [-0.05, 0) is 23.1 Å². The fourth-order valence-corrected chi connectivity index (χ4v) is 1.84. The molecule has 0 unspecified atom stereocenters. The van der Waals surface area contributed by atoms with E-state index in [-0.39, 0.29) is 0 Å². The molecule has 0 saturated carbocycles. The Morgan fingerprint density at radius 1 is 1.18 bits per heavy atom. The minimum Gasteiger partial charge on any atom is -0.496 e. The molecule has 0 fully saturated rings. The fraction of sp³-hybridized carbons (Fsp3) is 0.267. The van der Waals surface area contributed by atoms with Crippen LogP contribution >= 0.6 is 0 Å². The lowest BCUT2D eigenvalue weighted by Gasteiger charge is -2.10. The predicted octanol–water partition coefficient (Wildman–Crippen LogP) is 3.88. The number of benzene rings is 1. The number of hydrogen-bond donors (Lipinski definition) is 0. The molecule has 0 bridgehead atoms. The summed E-state index contributed by atoms with van der Waals surface area (Å²) in [5.74, 6) is 1.39. The highest BCUT2D eigenvalue weighted by atomic mass is 16.5. The fourth-order valence-electron chi connectivity index (χ4n) is 1.84. The van der Waals surface area contributed by atoms with Crippen molar-refractivity contribution in [2.75, 3.05) is 7.11 Å². The Hall–Kier alpha value is -1.83. The highest BCUT2D eigenvalue weighted by Crippen LogP contribution is 2.30. The smallest absolute Gasteiger partial charge is 0.129 e. The first-order chi connectivity index (χ1) is 8.22. The zero-order valence-electron chi connectivity index (χ0n) is 10.5. The lowest BCUT2D eigenvalue weighted by Crippen LogP contribution is -1.91. The minimum atomic E-state index is 0.526. The number of ether oxygens (including phenoxy) is 1. The topological polar surface area (TPSA) is 22.1 Å². The zero-order valence-corrected chi connectivity index (χ0v) is 10.5. The van der Waals surface area contributed by atoms with Gasteiger partial charge in [0, 0.05) is 18.0 Å². The SMILES string of the molecule is COc1ccncc1-c1cccc(C(C)C)c1. The van der Waals surface area contributed by atoms with Crippen LogP contribution in [0.5, 0.6) is 5.75 Å². The van der Waals surface area contributed by atoms with Gasteiger partial charge in [0.25, 0.3) is 0 Å². The van der Waals surface area contributed by atoms with Crippen LogP contribution in [0.15, 0.2) is 42.7 Å². The Bertz CT molecular complexity index is 506. The van der Waals surface area contributed by atoms with Gasteiger partial charge in [0.1, 0.15) is 5.75 Å². The van der Waals surface area contributed by atoms with Crippen molar-refractivity contribution in [2.24, 2.45) is 0 Å². The van der Waals surface area contributed by atoms with Crippen LogP contribution in [-0.4, -0.2) is 12.1 Å². The third kappa shape index (κ3) is 2.47. The largest absolute Gasteiger partial charge is 0.496 e. The molecule has 0 amide bonds. The molecular weight excluding hydrogens is 210 g/mol. The molecule has 1 aromatic heterocycles. The second-order valence-electron chi connectivity index (χ2n) is 4.36. The van der Waals surface area contributed by atoms with E-state index in [1.807, 2.05) is 12.3 Å². The van der Waals surface area contributed by atoms with E-state index in [0.29, 0.717) is 5.92 Å². The van der Waals surface area contributed by atoms with Gasteiger partial charge in [0.2, 0.25) is 0 Å². The van der Waals surface area contributed by atoms with Crippen LogP contribution in [0.2, 0.25) is 0 Å². The molecule has 1 heterocycles. The third-order valence-electron chi connectivity index (χ3n) is 2.87. The molecule has 88 valence electrons. The first-order valence-electron chi connectivity index (χ1n) is 5.80. The number of aromatic nitrogens is 1. The zero-order chi connectivity index (χ0) is 12.3. The molecule has 2 rings (SSSR count). The standard InChI is InChI=1S/C15H17NO/c1-11(2)12-5-4-6-13(9-12)14-10-16-8-7-15(14)17-3/h4-11H,1-3H3. The van der Waals surface area contributed by atoms with Gasteiger partial charge in [0.15, 0.2) is 0 Å². The molecule has 0 spiro atoms. The molecule has 0 radical (unpaired) electrons. The second-order valence-corrected chi connectivity index (χ2v) is 4.36. The van der Waals surface area contributed by atoms with Crippen molar-refractivity contribution in [3.63, 3.8) is 0 Å². The van der Waals surface area contributed by atoms with Gasteiger partial charge in [0.05, 0.1) is 7.11 Å². The van der Waals surface area contributed by atoms with Gasteiger partial charge in [-0.3, -0.25) is 4.98 Å². The summed E-state index contributed by atoms with van der Waals surface area (Å²) in [5.41, 5.74) is 3.52. The van der Waals surface area contributed by atoms with E-state index in [1.54, 1.807) is 13.3 Å². The van der Waals surface area contributed by atoms with Crippen LogP contribution in [0.4, 0.5) is 0 Å². The molecule has 2 heteroatoms.